The zero-order valence-electron chi connectivity index (χ0n) is 18.0. The lowest BCUT2D eigenvalue weighted by molar-refractivity contribution is -0.120. The van der Waals surface area contributed by atoms with Crippen molar-refractivity contribution < 1.29 is 17.9 Å². The predicted molar refractivity (Wildman–Crippen MR) is 129 cm³/mol. The Bertz CT molecular complexity index is 1180. The Morgan fingerprint density at radius 3 is 2.21 bits per heavy atom. The summed E-state index contributed by atoms with van der Waals surface area (Å²) in [4.78, 5) is 12.9. The first-order valence-corrected chi connectivity index (χ1v) is 12.6. The van der Waals surface area contributed by atoms with Crippen molar-refractivity contribution in [2.24, 2.45) is 5.92 Å². The number of hydrogen-bond donors (Lipinski definition) is 1. The number of ether oxygens (including phenoxy) is 1. The van der Waals surface area contributed by atoms with E-state index in [1.165, 1.54) is 16.4 Å². The number of carbonyl (C=O) groups is 1. The molecule has 0 radical (unpaired) electrons. The first-order valence-electron chi connectivity index (χ1n) is 10.8. The van der Waals surface area contributed by atoms with Gasteiger partial charge >= 0.3 is 0 Å². The number of nitrogens with one attached hydrogen (secondary N) is 1. The zero-order valence-corrected chi connectivity index (χ0v) is 19.6. The standard InChI is InChI=1S/C25H25ClN2O4S/c26-21-6-12-24(13-7-21)33(30,31)28-16-14-20(15-17-28)25(29)27-22-8-10-23(11-9-22)32-18-19-4-2-1-3-5-19/h1-13,20H,14-18H2,(H,27,29). The van der Waals surface area contributed by atoms with E-state index in [1.807, 2.05) is 42.5 Å². The molecule has 6 nitrogen and oxygen atoms in total. The van der Waals surface area contributed by atoms with Crippen molar-refractivity contribution in [2.75, 3.05) is 18.4 Å². The zero-order chi connectivity index (χ0) is 23.3. The first-order chi connectivity index (χ1) is 15.9. The molecule has 3 aromatic carbocycles. The lowest BCUT2D eigenvalue weighted by atomic mass is 9.97. The average molecular weight is 485 g/mol. The Kier molecular flexibility index (Phi) is 7.33. The molecular weight excluding hydrogens is 460 g/mol. The van der Waals surface area contributed by atoms with Crippen molar-refractivity contribution in [2.45, 2.75) is 24.3 Å². The smallest absolute Gasteiger partial charge is 0.243 e. The third-order valence-electron chi connectivity index (χ3n) is 5.65. The fourth-order valence-electron chi connectivity index (χ4n) is 3.73. The summed E-state index contributed by atoms with van der Waals surface area (Å²) in [5, 5.41) is 3.41. The molecule has 3 aromatic rings. The van der Waals surface area contributed by atoms with Crippen LogP contribution in [-0.2, 0) is 21.4 Å². The third-order valence-corrected chi connectivity index (χ3v) is 7.81. The molecule has 1 saturated heterocycles. The van der Waals surface area contributed by atoms with Crippen LogP contribution in [0.25, 0.3) is 0 Å². The van der Waals surface area contributed by atoms with Crippen molar-refractivity contribution >= 4 is 33.2 Å². The molecular formula is C25H25ClN2O4S. The fraction of sp³-hybridized carbons (Fsp3) is 0.240. The minimum atomic E-state index is -3.59. The number of rotatable bonds is 7. The van der Waals surface area contributed by atoms with Crippen LogP contribution in [0.3, 0.4) is 0 Å². The fourth-order valence-corrected chi connectivity index (χ4v) is 5.33. The van der Waals surface area contributed by atoms with Gasteiger partial charge in [0.1, 0.15) is 12.4 Å². The van der Waals surface area contributed by atoms with Gasteiger partial charge in [0.15, 0.2) is 0 Å². The van der Waals surface area contributed by atoms with Gasteiger partial charge in [0.25, 0.3) is 0 Å². The van der Waals surface area contributed by atoms with Crippen LogP contribution >= 0.6 is 11.6 Å². The van der Waals surface area contributed by atoms with Gasteiger partial charge in [0.2, 0.25) is 15.9 Å². The molecule has 0 aliphatic carbocycles. The summed E-state index contributed by atoms with van der Waals surface area (Å²) in [6, 6.07) is 23.3. The van der Waals surface area contributed by atoms with Gasteiger partial charge in [-0.15, -0.1) is 0 Å². The molecule has 1 fully saturated rings. The highest BCUT2D eigenvalue weighted by Gasteiger charge is 2.32. The Labute approximate surface area is 199 Å². The monoisotopic (exact) mass is 484 g/mol. The number of amides is 1. The van der Waals surface area contributed by atoms with E-state index in [4.69, 9.17) is 16.3 Å². The van der Waals surface area contributed by atoms with Gasteiger partial charge < -0.3 is 10.1 Å². The van der Waals surface area contributed by atoms with E-state index in [0.29, 0.717) is 43.2 Å². The molecule has 1 aliphatic heterocycles. The lowest BCUT2D eigenvalue weighted by Crippen LogP contribution is -2.41. The summed E-state index contributed by atoms with van der Waals surface area (Å²) in [7, 11) is -3.59. The minimum Gasteiger partial charge on any atom is -0.489 e. The average Bonchev–Trinajstić information content (AvgIpc) is 2.84. The van der Waals surface area contributed by atoms with Crippen LogP contribution in [0.15, 0.2) is 83.8 Å². The molecule has 1 aliphatic rings. The maximum atomic E-state index is 12.8. The molecule has 1 heterocycles. The van der Waals surface area contributed by atoms with Gasteiger partial charge in [0, 0.05) is 29.7 Å². The summed E-state index contributed by atoms with van der Waals surface area (Å²) in [6.45, 7) is 1.08. The van der Waals surface area contributed by atoms with E-state index in [0.717, 1.165) is 11.3 Å². The van der Waals surface area contributed by atoms with Crippen LogP contribution in [0.4, 0.5) is 5.69 Å². The maximum absolute atomic E-state index is 12.8. The number of sulfonamides is 1. The van der Waals surface area contributed by atoms with Gasteiger partial charge in [-0.3, -0.25) is 4.79 Å². The number of carbonyl (C=O) groups excluding carboxylic acids is 1. The summed E-state index contributed by atoms with van der Waals surface area (Å²) >= 11 is 5.86. The van der Waals surface area contributed by atoms with Crippen LogP contribution in [0.5, 0.6) is 5.75 Å². The van der Waals surface area contributed by atoms with E-state index >= 15 is 0 Å². The predicted octanol–water partition coefficient (Wildman–Crippen LogP) is 4.96. The van der Waals surface area contributed by atoms with E-state index < -0.39 is 10.0 Å². The number of nitrogens with zero attached hydrogens (tertiary/aromatic N) is 1. The summed E-state index contributed by atoms with van der Waals surface area (Å²) in [5.41, 5.74) is 1.77. The highest BCUT2D eigenvalue weighted by atomic mass is 35.5. The lowest BCUT2D eigenvalue weighted by Gasteiger charge is -2.30. The largest absolute Gasteiger partial charge is 0.489 e. The molecule has 0 bridgehead atoms. The Morgan fingerprint density at radius 1 is 0.939 bits per heavy atom. The number of benzene rings is 3. The molecule has 4 rings (SSSR count). The van der Waals surface area contributed by atoms with E-state index in [2.05, 4.69) is 5.32 Å². The van der Waals surface area contributed by atoms with Gasteiger partial charge in [-0.05, 0) is 66.9 Å². The number of anilines is 1. The quantitative estimate of drug-likeness (QED) is 0.514. The van der Waals surface area contributed by atoms with Crippen LogP contribution in [0, 0.1) is 5.92 Å². The summed E-state index contributed by atoms with van der Waals surface area (Å²) in [6.07, 6.45) is 0.938. The van der Waals surface area contributed by atoms with E-state index in [-0.39, 0.29) is 16.7 Å². The summed E-state index contributed by atoms with van der Waals surface area (Å²) < 4.78 is 32.8. The molecule has 172 valence electrons. The minimum absolute atomic E-state index is 0.100. The normalized spacial score (nSPS) is 15.2. The van der Waals surface area contributed by atoms with E-state index in [1.54, 1.807) is 24.3 Å². The topological polar surface area (TPSA) is 75.7 Å². The molecule has 8 heteroatoms. The Morgan fingerprint density at radius 2 is 1.58 bits per heavy atom. The summed E-state index contributed by atoms with van der Waals surface area (Å²) in [5.74, 6) is 0.379. The number of hydrogen-bond acceptors (Lipinski definition) is 4. The first kappa shape index (κ1) is 23.3. The van der Waals surface area contributed by atoms with Crippen LogP contribution in [0.1, 0.15) is 18.4 Å². The molecule has 1 amide bonds. The molecule has 0 saturated carbocycles. The molecule has 0 unspecified atom stereocenters. The van der Waals surface area contributed by atoms with Crippen molar-refractivity contribution in [3.05, 3.63) is 89.4 Å². The highest BCUT2D eigenvalue weighted by Crippen LogP contribution is 2.26. The van der Waals surface area contributed by atoms with Crippen LogP contribution in [-0.4, -0.2) is 31.7 Å². The number of halogens is 1. The second-order valence-corrected chi connectivity index (χ2v) is 10.3. The van der Waals surface area contributed by atoms with Gasteiger partial charge in [-0.2, -0.15) is 4.31 Å². The van der Waals surface area contributed by atoms with Crippen molar-refractivity contribution in [1.29, 1.82) is 0 Å². The van der Waals surface area contributed by atoms with Crippen molar-refractivity contribution in [3.63, 3.8) is 0 Å². The molecule has 0 aromatic heterocycles. The molecule has 1 N–H and O–H groups in total. The molecule has 0 spiro atoms. The van der Waals surface area contributed by atoms with Crippen molar-refractivity contribution in [1.82, 2.24) is 4.31 Å². The van der Waals surface area contributed by atoms with Crippen LogP contribution in [0.2, 0.25) is 5.02 Å². The highest BCUT2D eigenvalue weighted by molar-refractivity contribution is 7.89. The van der Waals surface area contributed by atoms with Crippen LogP contribution < -0.4 is 10.1 Å². The third kappa shape index (κ3) is 5.93. The van der Waals surface area contributed by atoms with Crippen molar-refractivity contribution in [3.8, 4) is 5.75 Å². The van der Waals surface area contributed by atoms with Gasteiger partial charge in [-0.25, -0.2) is 8.42 Å². The second-order valence-electron chi connectivity index (χ2n) is 7.92. The Balaban J connectivity index is 1.28. The van der Waals surface area contributed by atoms with E-state index in [9.17, 15) is 13.2 Å². The molecule has 33 heavy (non-hydrogen) atoms. The SMILES string of the molecule is O=C(Nc1ccc(OCc2ccccc2)cc1)C1CCN(S(=O)(=O)c2ccc(Cl)cc2)CC1. The Hall–Kier alpha value is -2.87. The maximum Gasteiger partial charge on any atom is 0.243 e. The van der Waals surface area contributed by atoms with Gasteiger partial charge in [-0.1, -0.05) is 41.9 Å². The van der Waals surface area contributed by atoms with Gasteiger partial charge in [0.05, 0.1) is 4.90 Å². The number of piperidine rings is 1. The second kappa shape index (κ2) is 10.4. The molecule has 0 atom stereocenters.